The second-order valence-electron chi connectivity index (χ2n) is 3.34. The van der Waals surface area contributed by atoms with Gasteiger partial charge in [-0.05, 0) is 31.7 Å². The molecule has 0 aromatic carbocycles. The van der Waals surface area contributed by atoms with E-state index in [1.54, 1.807) is 12.1 Å². The molecule has 0 radical (unpaired) electrons. The van der Waals surface area contributed by atoms with E-state index in [4.69, 9.17) is 10.2 Å². The van der Waals surface area contributed by atoms with E-state index in [2.05, 4.69) is 5.32 Å². The van der Waals surface area contributed by atoms with Gasteiger partial charge in [0.2, 0.25) is 0 Å². The third-order valence-electron chi connectivity index (χ3n) is 1.89. The number of nitrogens with two attached hydrogens (primary N) is 1. The van der Waals surface area contributed by atoms with Gasteiger partial charge in [0.25, 0.3) is 5.91 Å². The lowest BCUT2D eigenvalue weighted by molar-refractivity contribution is 0.0920. The van der Waals surface area contributed by atoms with E-state index >= 15 is 0 Å². The minimum atomic E-state index is -0.184. The van der Waals surface area contributed by atoms with Gasteiger partial charge >= 0.3 is 0 Å². The first-order valence-electron chi connectivity index (χ1n) is 4.81. The average molecular weight is 228 g/mol. The zero-order valence-electron chi connectivity index (χ0n) is 8.95. The number of furan rings is 1. The van der Waals surface area contributed by atoms with Gasteiger partial charge in [0.15, 0.2) is 10.9 Å². The summed E-state index contributed by atoms with van der Waals surface area (Å²) < 4.78 is 5.27. The second-order valence-corrected chi connectivity index (χ2v) is 4.16. The Morgan fingerprint density at radius 3 is 2.93 bits per heavy atom. The minimum absolute atomic E-state index is 0.101. The molecule has 0 saturated heterocycles. The molecule has 0 aliphatic carbocycles. The van der Waals surface area contributed by atoms with Crippen LogP contribution in [0.15, 0.2) is 21.6 Å². The molecule has 1 amide bonds. The Morgan fingerprint density at radius 1 is 1.67 bits per heavy atom. The fraction of sp³-hybridized carbons (Fsp3) is 0.500. The van der Waals surface area contributed by atoms with E-state index in [0.717, 1.165) is 11.5 Å². The maximum atomic E-state index is 11.5. The van der Waals surface area contributed by atoms with Crippen molar-refractivity contribution in [2.75, 3.05) is 12.8 Å². The number of rotatable bonds is 5. The fourth-order valence-electron chi connectivity index (χ4n) is 1.05. The van der Waals surface area contributed by atoms with Crippen LogP contribution < -0.4 is 11.1 Å². The van der Waals surface area contributed by atoms with Crippen LogP contribution in [-0.4, -0.2) is 24.7 Å². The smallest absolute Gasteiger partial charge is 0.287 e. The lowest BCUT2D eigenvalue weighted by atomic mass is 10.2. The summed E-state index contributed by atoms with van der Waals surface area (Å²) in [5, 5.41) is 3.49. The van der Waals surface area contributed by atoms with Crippen LogP contribution in [0.25, 0.3) is 0 Å². The standard InChI is InChI=1S/C10H16N2O2S/c1-7(11)5-6-12-10(13)8-3-4-9(14-8)15-2/h3-4,7H,5-6,11H2,1-2H3,(H,12,13). The maximum absolute atomic E-state index is 11.5. The molecule has 0 spiro atoms. The Balaban J connectivity index is 2.40. The molecule has 1 aromatic heterocycles. The van der Waals surface area contributed by atoms with E-state index in [1.807, 2.05) is 13.2 Å². The summed E-state index contributed by atoms with van der Waals surface area (Å²) in [5.41, 5.74) is 5.56. The molecule has 84 valence electrons. The first-order valence-corrected chi connectivity index (χ1v) is 6.03. The van der Waals surface area contributed by atoms with Gasteiger partial charge in [-0.3, -0.25) is 4.79 Å². The number of carbonyl (C=O) groups is 1. The van der Waals surface area contributed by atoms with Crippen LogP contribution in [0.2, 0.25) is 0 Å². The quantitative estimate of drug-likeness (QED) is 0.749. The van der Waals surface area contributed by atoms with Crippen LogP contribution >= 0.6 is 11.8 Å². The largest absolute Gasteiger partial charge is 0.445 e. The topological polar surface area (TPSA) is 68.3 Å². The zero-order valence-corrected chi connectivity index (χ0v) is 9.76. The van der Waals surface area contributed by atoms with Crippen LogP contribution in [0, 0.1) is 0 Å². The SMILES string of the molecule is CSc1ccc(C(=O)NCCC(C)N)o1. The molecule has 0 saturated carbocycles. The van der Waals surface area contributed by atoms with Crippen molar-refractivity contribution >= 4 is 17.7 Å². The van der Waals surface area contributed by atoms with Gasteiger partial charge in [-0.1, -0.05) is 11.8 Å². The van der Waals surface area contributed by atoms with Crippen molar-refractivity contribution in [1.82, 2.24) is 5.32 Å². The number of thioether (sulfide) groups is 1. The summed E-state index contributed by atoms with van der Waals surface area (Å²) in [6.45, 7) is 2.48. The third-order valence-corrected chi connectivity index (χ3v) is 2.51. The third kappa shape index (κ3) is 3.97. The molecule has 5 heteroatoms. The maximum Gasteiger partial charge on any atom is 0.287 e. The summed E-state index contributed by atoms with van der Waals surface area (Å²) in [7, 11) is 0. The summed E-state index contributed by atoms with van der Waals surface area (Å²) in [5.74, 6) is 0.167. The Morgan fingerprint density at radius 2 is 2.40 bits per heavy atom. The van der Waals surface area contributed by atoms with Crippen molar-refractivity contribution in [2.45, 2.75) is 24.5 Å². The van der Waals surface area contributed by atoms with Crippen molar-refractivity contribution in [3.05, 3.63) is 17.9 Å². The molecular formula is C10H16N2O2S. The number of carbonyl (C=O) groups excluding carboxylic acids is 1. The highest BCUT2D eigenvalue weighted by Crippen LogP contribution is 2.17. The fourth-order valence-corrected chi connectivity index (χ4v) is 1.43. The van der Waals surface area contributed by atoms with E-state index in [1.165, 1.54) is 11.8 Å². The van der Waals surface area contributed by atoms with E-state index in [9.17, 15) is 4.79 Å². The van der Waals surface area contributed by atoms with Crippen molar-refractivity contribution < 1.29 is 9.21 Å². The van der Waals surface area contributed by atoms with Gasteiger partial charge < -0.3 is 15.5 Å². The highest BCUT2D eigenvalue weighted by Gasteiger charge is 2.09. The molecule has 1 aromatic rings. The monoisotopic (exact) mass is 228 g/mol. The normalized spacial score (nSPS) is 12.5. The molecule has 0 fully saturated rings. The average Bonchev–Trinajstić information content (AvgIpc) is 2.65. The van der Waals surface area contributed by atoms with E-state index in [-0.39, 0.29) is 11.9 Å². The molecule has 1 rings (SSSR count). The van der Waals surface area contributed by atoms with Crippen LogP contribution in [0.3, 0.4) is 0 Å². The number of hydrogen-bond donors (Lipinski definition) is 2. The molecule has 1 atom stereocenters. The number of amides is 1. The van der Waals surface area contributed by atoms with Gasteiger partial charge in [-0.25, -0.2) is 0 Å². The molecule has 15 heavy (non-hydrogen) atoms. The molecule has 0 aliphatic rings. The van der Waals surface area contributed by atoms with Gasteiger partial charge in [-0.15, -0.1) is 0 Å². The summed E-state index contributed by atoms with van der Waals surface area (Å²) in [6, 6.07) is 3.56. The molecule has 0 aliphatic heterocycles. The minimum Gasteiger partial charge on any atom is -0.445 e. The Kier molecular flexibility index (Phi) is 4.71. The van der Waals surface area contributed by atoms with Gasteiger partial charge in [0.05, 0.1) is 0 Å². The second kappa shape index (κ2) is 5.82. The lowest BCUT2D eigenvalue weighted by Gasteiger charge is -2.05. The Bertz CT molecular complexity index is 323. The van der Waals surface area contributed by atoms with Crippen molar-refractivity contribution in [3.8, 4) is 0 Å². The van der Waals surface area contributed by atoms with Crippen LogP contribution in [0.5, 0.6) is 0 Å². The van der Waals surface area contributed by atoms with Gasteiger partial charge in [0.1, 0.15) is 0 Å². The molecule has 0 bridgehead atoms. The highest BCUT2D eigenvalue weighted by molar-refractivity contribution is 7.98. The van der Waals surface area contributed by atoms with Crippen molar-refractivity contribution in [3.63, 3.8) is 0 Å². The molecule has 3 N–H and O–H groups in total. The van der Waals surface area contributed by atoms with Gasteiger partial charge in [-0.2, -0.15) is 0 Å². The van der Waals surface area contributed by atoms with Gasteiger partial charge in [0, 0.05) is 12.6 Å². The van der Waals surface area contributed by atoms with Crippen LogP contribution in [0.4, 0.5) is 0 Å². The highest BCUT2D eigenvalue weighted by atomic mass is 32.2. The number of hydrogen-bond acceptors (Lipinski definition) is 4. The molecule has 1 unspecified atom stereocenters. The summed E-state index contributed by atoms with van der Waals surface area (Å²) in [6.07, 6.45) is 2.67. The van der Waals surface area contributed by atoms with Crippen LogP contribution in [-0.2, 0) is 0 Å². The summed E-state index contributed by atoms with van der Waals surface area (Å²) >= 11 is 1.47. The predicted octanol–water partition coefficient (Wildman–Crippen LogP) is 1.47. The van der Waals surface area contributed by atoms with Crippen molar-refractivity contribution in [2.24, 2.45) is 5.73 Å². The predicted molar refractivity (Wildman–Crippen MR) is 61.1 cm³/mol. The first kappa shape index (κ1) is 12.1. The first-order chi connectivity index (χ1) is 7.13. The zero-order chi connectivity index (χ0) is 11.3. The lowest BCUT2D eigenvalue weighted by Crippen LogP contribution is -2.28. The molecular weight excluding hydrogens is 212 g/mol. The van der Waals surface area contributed by atoms with E-state index < -0.39 is 0 Å². The Hall–Kier alpha value is -0.940. The van der Waals surface area contributed by atoms with Crippen LogP contribution in [0.1, 0.15) is 23.9 Å². The van der Waals surface area contributed by atoms with Crippen molar-refractivity contribution in [1.29, 1.82) is 0 Å². The molecule has 4 nitrogen and oxygen atoms in total. The molecule has 1 heterocycles. The Labute approximate surface area is 93.6 Å². The van der Waals surface area contributed by atoms with E-state index in [0.29, 0.717) is 12.3 Å². The number of nitrogens with one attached hydrogen (secondary N) is 1. The summed E-state index contributed by atoms with van der Waals surface area (Å²) in [4.78, 5) is 11.5.